The SMILES string of the molecule is CCCC1CCCC(F)(F)C1.C\C=C(C(/C(C)=N/C=C/CC)=C(/C)N1CCN(C(=O)OC(C)(C)C)CC1)\C1CC1. The van der Waals surface area contributed by atoms with Crippen LogP contribution in [0.4, 0.5) is 13.6 Å². The normalized spacial score (nSPS) is 23.0. The Balaban J connectivity index is 0.000000425. The quantitative estimate of drug-likeness (QED) is 0.218. The Kier molecular flexibility index (Phi) is 13.4. The van der Waals surface area contributed by atoms with Gasteiger partial charge in [-0.15, -0.1) is 0 Å². The summed E-state index contributed by atoms with van der Waals surface area (Å²) in [5, 5.41) is 0. The molecule has 1 heterocycles. The third-order valence-corrected chi connectivity index (χ3v) is 7.79. The number of hydrogen-bond acceptors (Lipinski definition) is 4. The van der Waals surface area contributed by atoms with Crippen LogP contribution in [0.3, 0.4) is 0 Å². The molecule has 0 aromatic carbocycles. The molecule has 3 rings (SSSR count). The molecule has 0 radical (unpaired) electrons. The van der Waals surface area contributed by atoms with Crippen molar-refractivity contribution in [3.8, 4) is 0 Å². The van der Waals surface area contributed by atoms with Crippen molar-refractivity contribution in [1.29, 1.82) is 0 Å². The predicted octanol–water partition coefficient (Wildman–Crippen LogP) is 9.17. The van der Waals surface area contributed by atoms with Crippen LogP contribution in [0.2, 0.25) is 0 Å². The van der Waals surface area contributed by atoms with Gasteiger partial charge >= 0.3 is 6.09 Å². The fraction of sp³-hybridized carbons (Fsp3) is 0.758. The number of allylic oxidation sites excluding steroid dienone is 5. The second-order valence-corrected chi connectivity index (χ2v) is 12.5. The van der Waals surface area contributed by atoms with Crippen molar-refractivity contribution < 1.29 is 18.3 Å². The molecule has 0 bridgehead atoms. The Morgan fingerprint density at radius 1 is 1.05 bits per heavy atom. The third-order valence-electron chi connectivity index (χ3n) is 7.79. The lowest BCUT2D eigenvalue weighted by molar-refractivity contribution is -0.0535. The lowest BCUT2D eigenvalue weighted by Crippen LogP contribution is -2.49. The van der Waals surface area contributed by atoms with E-state index in [1.54, 1.807) is 0 Å². The first-order valence-corrected chi connectivity index (χ1v) is 15.5. The lowest BCUT2D eigenvalue weighted by atomic mass is 9.84. The van der Waals surface area contributed by atoms with Crippen LogP contribution in [0.15, 0.2) is 40.2 Å². The average molecular weight is 564 g/mol. The summed E-state index contributed by atoms with van der Waals surface area (Å²) in [6.45, 7) is 19.3. The van der Waals surface area contributed by atoms with Crippen molar-refractivity contribution in [2.75, 3.05) is 26.2 Å². The summed E-state index contributed by atoms with van der Waals surface area (Å²) in [7, 11) is 0. The second kappa shape index (κ2) is 15.7. The van der Waals surface area contributed by atoms with E-state index in [-0.39, 0.29) is 18.9 Å². The zero-order valence-electron chi connectivity index (χ0n) is 26.5. The first-order chi connectivity index (χ1) is 18.8. The maximum atomic E-state index is 12.8. The summed E-state index contributed by atoms with van der Waals surface area (Å²) >= 11 is 0. The van der Waals surface area contributed by atoms with Crippen LogP contribution >= 0.6 is 0 Å². The summed E-state index contributed by atoms with van der Waals surface area (Å²) in [4.78, 5) is 21.3. The topological polar surface area (TPSA) is 45.1 Å². The molecule has 40 heavy (non-hydrogen) atoms. The minimum atomic E-state index is -2.35. The van der Waals surface area contributed by atoms with Gasteiger partial charge in [0.05, 0.1) is 0 Å². The molecule has 0 spiro atoms. The minimum Gasteiger partial charge on any atom is -0.444 e. The van der Waals surface area contributed by atoms with Crippen LogP contribution in [-0.2, 0) is 4.74 Å². The summed E-state index contributed by atoms with van der Waals surface area (Å²) in [5.41, 5.74) is 4.58. The van der Waals surface area contributed by atoms with E-state index in [9.17, 15) is 13.6 Å². The van der Waals surface area contributed by atoms with Gasteiger partial charge in [-0.1, -0.05) is 45.3 Å². The largest absolute Gasteiger partial charge is 0.444 e. The Bertz CT molecular complexity index is 932. The molecule has 0 N–H and O–H groups in total. The number of hydrogen-bond donors (Lipinski definition) is 0. The van der Waals surface area contributed by atoms with E-state index in [4.69, 9.17) is 9.73 Å². The molecule has 3 aliphatic rings. The Morgan fingerprint density at radius 3 is 2.17 bits per heavy atom. The second-order valence-electron chi connectivity index (χ2n) is 12.5. The molecule has 228 valence electrons. The van der Waals surface area contributed by atoms with E-state index in [1.165, 1.54) is 29.7 Å². The zero-order chi connectivity index (χ0) is 29.9. The predicted molar refractivity (Wildman–Crippen MR) is 163 cm³/mol. The van der Waals surface area contributed by atoms with Crippen LogP contribution < -0.4 is 0 Å². The number of ether oxygens (including phenoxy) is 1. The zero-order valence-corrected chi connectivity index (χ0v) is 26.5. The van der Waals surface area contributed by atoms with Crippen molar-refractivity contribution in [3.05, 3.63) is 35.2 Å². The van der Waals surface area contributed by atoms with Gasteiger partial charge < -0.3 is 14.5 Å². The Morgan fingerprint density at radius 2 is 1.68 bits per heavy atom. The summed E-state index contributed by atoms with van der Waals surface area (Å²) in [5.74, 6) is -1.39. The summed E-state index contributed by atoms with van der Waals surface area (Å²) in [6.07, 6.45) is 13.6. The van der Waals surface area contributed by atoms with Crippen molar-refractivity contribution in [2.24, 2.45) is 16.8 Å². The maximum Gasteiger partial charge on any atom is 0.410 e. The molecular weight excluding hydrogens is 508 g/mol. The van der Waals surface area contributed by atoms with Crippen LogP contribution in [0, 0.1) is 11.8 Å². The molecule has 0 aromatic heterocycles. The van der Waals surface area contributed by atoms with E-state index in [2.05, 4.69) is 51.7 Å². The number of nitrogens with zero attached hydrogens (tertiary/aromatic N) is 3. The molecule has 5 nitrogen and oxygen atoms in total. The lowest BCUT2D eigenvalue weighted by Gasteiger charge is -2.38. The number of carbonyl (C=O) groups excluding carboxylic acids is 1. The summed E-state index contributed by atoms with van der Waals surface area (Å²) in [6, 6.07) is 0. The molecule has 2 aliphatic carbocycles. The average Bonchev–Trinajstić information content (AvgIpc) is 3.71. The molecule has 7 heteroatoms. The number of amides is 1. The highest BCUT2D eigenvalue weighted by molar-refractivity contribution is 6.03. The fourth-order valence-electron chi connectivity index (χ4n) is 5.63. The van der Waals surface area contributed by atoms with Crippen LogP contribution in [0.5, 0.6) is 0 Å². The van der Waals surface area contributed by atoms with Gasteiger partial charge in [0.15, 0.2) is 0 Å². The van der Waals surface area contributed by atoms with Gasteiger partial charge in [0.1, 0.15) is 5.60 Å². The molecule has 1 unspecified atom stereocenters. The van der Waals surface area contributed by atoms with Crippen molar-refractivity contribution in [1.82, 2.24) is 9.80 Å². The van der Waals surface area contributed by atoms with E-state index in [0.29, 0.717) is 24.9 Å². The number of rotatable bonds is 8. The van der Waals surface area contributed by atoms with E-state index in [1.807, 2.05) is 31.9 Å². The minimum absolute atomic E-state index is 0.118. The standard InChI is InChI=1S/C24H39N3O2.C9H16F2/c1-8-10-13-25-18(3)22(21(9-2)20-11-12-20)19(4)26-14-16-27(17-15-26)23(28)29-24(5,6)7;1-2-4-8-5-3-6-9(10,11)7-8/h9-10,13,20H,8,11-12,14-17H2,1-7H3;8H,2-7H2,1H3/b13-10+,21-9-,22-19-,25-18+;. The molecule has 1 aliphatic heterocycles. The third kappa shape index (κ3) is 11.4. The highest BCUT2D eigenvalue weighted by atomic mass is 19.3. The maximum absolute atomic E-state index is 12.8. The summed E-state index contributed by atoms with van der Waals surface area (Å²) < 4.78 is 31.1. The van der Waals surface area contributed by atoms with Gasteiger partial charge in [0, 0.05) is 62.2 Å². The number of piperazine rings is 1. The first-order valence-electron chi connectivity index (χ1n) is 15.5. The van der Waals surface area contributed by atoms with Crippen molar-refractivity contribution in [3.63, 3.8) is 0 Å². The van der Waals surface area contributed by atoms with Crippen molar-refractivity contribution >= 4 is 11.8 Å². The van der Waals surface area contributed by atoms with Gasteiger partial charge in [0.25, 0.3) is 0 Å². The number of aliphatic imine (C=N–C) groups is 1. The Labute approximate surface area is 242 Å². The smallest absolute Gasteiger partial charge is 0.410 e. The van der Waals surface area contributed by atoms with Crippen LogP contribution in [0.1, 0.15) is 113 Å². The highest BCUT2D eigenvalue weighted by Crippen LogP contribution is 2.42. The number of alkyl halides is 2. The monoisotopic (exact) mass is 563 g/mol. The van der Waals surface area contributed by atoms with E-state index < -0.39 is 11.5 Å². The first kappa shape index (κ1) is 34.0. The van der Waals surface area contributed by atoms with Gasteiger partial charge in [-0.2, -0.15) is 0 Å². The van der Waals surface area contributed by atoms with Crippen LogP contribution in [0.25, 0.3) is 0 Å². The highest BCUT2D eigenvalue weighted by Gasteiger charge is 2.35. The number of halogens is 2. The van der Waals surface area contributed by atoms with Gasteiger partial charge in [0.2, 0.25) is 5.92 Å². The van der Waals surface area contributed by atoms with Gasteiger partial charge in [-0.05, 0) is 84.6 Å². The molecule has 3 fully saturated rings. The van der Waals surface area contributed by atoms with E-state index in [0.717, 1.165) is 50.9 Å². The van der Waals surface area contributed by atoms with Crippen LogP contribution in [-0.4, -0.2) is 59.3 Å². The van der Waals surface area contributed by atoms with Crippen molar-refractivity contribution in [2.45, 2.75) is 125 Å². The molecule has 1 atom stereocenters. The molecular formula is C33H55F2N3O2. The van der Waals surface area contributed by atoms with E-state index >= 15 is 0 Å². The van der Waals surface area contributed by atoms with Gasteiger partial charge in [-0.3, -0.25) is 4.99 Å². The molecule has 1 saturated heterocycles. The molecule has 0 aromatic rings. The number of carbonyl (C=O) groups is 1. The molecule has 2 saturated carbocycles. The Hall–Kier alpha value is -2.18. The molecule has 1 amide bonds. The van der Waals surface area contributed by atoms with Gasteiger partial charge in [-0.25, -0.2) is 13.6 Å². The fourth-order valence-corrected chi connectivity index (χ4v) is 5.63.